The maximum absolute atomic E-state index is 13.5. The first-order valence-corrected chi connectivity index (χ1v) is 6.44. The van der Waals surface area contributed by atoms with E-state index < -0.39 is 5.82 Å². The Morgan fingerprint density at radius 1 is 1.15 bits per heavy atom. The molecule has 0 aromatic heterocycles. The third kappa shape index (κ3) is 3.11. The quantitative estimate of drug-likeness (QED) is 0.794. The summed E-state index contributed by atoms with van der Waals surface area (Å²) in [5.41, 5.74) is 1.07. The second kappa shape index (κ2) is 5.97. The Labute approximate surface area is 121 Å². The zero-order chi connectivity index (χ0) is 14.7. The van der Waals surface area contributed by atoms with Gasteiger partial charge >= 0.3 is 0 Å². The van der Waals surface area contributed by atoms with Gasteiger partial charge in [-0.05, 0) is 30.7 Å². The van der Waals surface area contributed by atoms with Crippen LogP contribution in [-0.4, -0.2) is 11.6 Å². The van der Waals surface area contributed by atoms with Crippen LogP contribution in [0.25, 0.3) is 0 Å². The smallest absolute Gasteiger partial charge is 0.167 e. The van der Waals surface area contributed by atoms with Gasteiger partial charge in [0.25, 0.3) is 0 Å². The lowest BCUT2D eigenvalue weighted by Crippen LogP contribution is -2.06. The normalized spacial score (nSPS) is 10.3. The largest absolute Gasteiger partial charge is 0.294 e. The molecule has 2 aromatic rings. The zero-order valence-corrected chi connectivity index (χ0v) is 11.6. The van der Waals surface area contributed by atoms with Crippen molar-refractivity contribution in [3.63, 3.8) is 0 Å². The minimum Gasteiger partial charge on any atom is -0.294 e. The van der Waals surface area contributed by atoms with Gasteiger partial charge in [0.05, 0.1) is 5.02 Å². The van der Waals surface area contributed by atoms with Crippen LogP contribution in [-0.2, 0) is 6.42 Å². The summed E-state index contributed by atoms with van der Waals surface area (Å²) < 4.78 is 13.5. The molecule has 0 amide bonds. The molecular weight excluding hydrogens is 279 g/mol. The van der Waals surface area contributed by atoms with E-state index in [4.69, 9.17) is 11.6 Å². The lowest BCUT2D eigenvalue weighted by Gasteiger charge is -2.05. The number of carbonyl (C=O) groups is 2. The van der Waals surface area contributed by atoms with Crippen molar-refractivity contribution >= 4 is 23.2 Å². The van der Waals surface area contributed by atoms with E-state index in [0.717, 1.165) is 0 Å². The van der Waals surface area contributed by atoms with E-state index >= 15 is 0 Å². The van der Waals surface area contributed by atoms with Crippen molar-refractivity contribution in [2.75, 3.05) is 0 Å². The molecule has 0 bridgehead atoms. The van der Waals surface area contributed by atoms with Crippen molar-refractivity contribution in [2.24, 2.45) is 0 Å². The molecule has 0 radical (unpaired) electrons. The number of Topliss-reactive ketones (excluding diaryl/α,β-unsaturated/α-hetero) is 2. The van der Waals surface area contributed by atoms with Gasteiger partial charge in [-0.2, -0.15) is 0 Å². The maximum Gasteiger partial charge on any atom is 0.167 e. The highest BCUT2D eigenvalue weighted by atomic mass is 35.5. The number of carbonyl (C=O) groups excluding carboxylic acids is 2. The molecule has 0 heterocycles. The molecule has 0 fully saturated rings. The fourth-order valence-corrected chi connectivity index (χ4v) is 2.20. The van der Waals surface area contributed by atoms with Crippen molar-refractivity contribution < 1.29 is 14.0 Å². The second-order valence-electron chi connectivity index (χ2n) is 4.44. The minimum atomic E-state index is -0.410. The van der Waals surface area contributed by atoms with Crippen molar-refractivity contribution in [2.45, 2.75) is 13.3 Å². The highest BCUT2D eigenvalue weighted by molar-refractivity contribution is 6.34. The monoisotopic (exact) mass is 290 g/mol. The maximum atomic E-state index is 13.5. The van der Waals surface area contributed by atoms with Crippen LogP contribution in [0.4, 0.5) is 4.39 Å². The van der Waals surface area contributed by atoms with Crippen LogP contribution in [0.1, 0.15) is 33.2 Å². The highest BCUT2D eigenvalue weighted by Crippen LogP contribution is 2.20. The molecule has 0 saturated heterocycles. The van der Waals surface area contributed by atoms with Crippen molar-refractivity contribution in [1.82, 2.24) is 0 Å². The van der Waals surface area contributed by atoms with Crippen molar-refractivity contribution in [3.05, 3.63) is 70.0 Å². The standard InChI is InChI=1S/C16H12ClFO2/c1-10(19)13-7-6-12(8-14(13)17)16(20)9-11-4-2-3-5-15(11)18/h2-8H,9H2,1H3. The molecule has 0 aliphatic rings. The van der Waals surface area contributed by atoms with E-state index in [9.17, 15) is 14.0 Å². The summed E-state index contributed by atoms with van der Waals surface area (Å²) >= 11 is 5.96. The Morgan fingerprint density at radius 3 is 2.45 bits per heavy atom. The van der Waals surface area contributed by atoms with Gasteiger partial charge in [0.15, 0.2) is 11.6 Å². The molecule has 0 atom stereocenters. The number of ketones is 2. The molecule has 0 unspecified atom stereocenters. The molecular formula is C16H12ClFO2. The summed E-state index contributed by atoms with van der Waals surface area (Å²) in [6, 6.07) is 10.6. The van der Waals surface area contributed by atoms with Crippen LogP contribution in [0.2, 0.25) is 5.02 Å². The Hall–Kier alpha value is -2.00. The van der Waals surface area contributed by atoms with Crippen LogP contribution in [0, 0.1) is 5.82 Å². The Kier molecular flexibility index (Phi) is 4.30. The number of hydrogen-bond donors (Lipinski definition) is 0. The van der Waals surface area contributed by atoms with E-state index in [0.29, 0.717) is 16.7 Å². The summed E-state index contributed by atoms with van der Waals surface area (Å²) in [4.78, 5) is 23.4. The lowest BCUT2D eigenvalue weighted by atomic mass is 10.0. The van der Waals surface area contributed by atoms with Crippen LogP contribution in [0.15, 0.2) is 42.5 Å². The molecule has 2 rings (SSSR count). The third-order valence-corrected chi connectivity index (χ3v) is 3.29. The van der Waals surface area contributed by atoms with E-state index in [1.165, 1.54) is 31.2 Å². The average molecular weight is 291 g/mol. The molecule has 2 nitrogen and oxygen atoms in total. The third-order valence-electron chi connectivity index (χ3n) is 2.98. The summed E-state index contributed by atoms with van der Waals surface area (Å²) in [5, 5.41) is 0.233. The molecule has 102 valence electrons. The number of rotatable bonds is 4. The number of halogens is 2. The molecule has 0 aliphatic heterocycles. The minimum absolute atomic E-state index is 0.0393. The molecule has 20 heavy (non-hydrogen) atoms. The Balaban J connectivity index is 2.24. The summed E-state index contributed by atoms with van der Waals surface area (Å²) in [6.07, 6.45) is -0.0393. The van der Waals surface area contributed by atoms with E-state index in [1.54, 1.807) is 18.2 Å². The van der Waals surface area contributed by atoms with Crippen LogP contribution in [0.3, 0.4) is 0 Å². The zero-order valence-electron chi connectivity index (χ0n) is 10.8. The van der Waals surface area contributed by atoms with Gasteiger partial charge in [0.1, 0.15) is 5.82 Å². The van der Waals surface area contributed by atoms with Crippen LogP contribution < -0.4 is 0 Å². The summed E-state index contributed by atoms with van der Waals surface area (Å²) in [5.74, 6) is -0.817. The lowest BCUT2D eigenvalue weighted by molar-refractivity contribution is 0.0986. The fourth-order valence-electron chi connectivity index (χ4n) is 1.89. The first-order valence-electron chi connectivity index (χ1n) is 6.06. The predicted molar refractivity (Wildman–Crippen MR) is 75.9 cm³/mol. The molecule has 4 heteroatoms. The van der Waals surface area contributed by atoms with Crippen LogP contribution >= 0.6 is 11.6 Å². The first-order chi connectivity index (χ1) is 9.49. The van der Waals surface area contributed by atoms with Crippen molar-refractivity contribution in [3.8, 4) is 0 Å². The summed E-state index contributed by atoms with van der Waals surface area (Å²) in [6.45, 7) is 1.40. The predicted octanol–water partition coefficient (Wildman–Crippen LogP) is 4.11. The molecule has 0 spiro atoms. The Bertz CT molecular complexity index is 680. The molecule has 2 aromatic carbocycles. The van der Waals surface area contributed by atoms with Gasteiger partial charge in [0.2, 0.25) is 0 Å². The SMILES string of the molecule is CC(=O)c1ccc(C(=O)Cc2ccccc2F)cc1Cl. The average Bonchev–Trinajstić information content (AvgIpc) is 2.40. The fraction of sp³-hybridized carbons (Fsp3) is 0.125. The van der Waals surface area contributed by atoms with Gasteiger partial charge in [0, 0.05) is 17.5 Å². The van der Waals surface area contributed by atoms with Gasteiger partial charge in [-0.15, -0.1) is 0 Å². The van der Waals surface area contributed by atoms with E-state index in [1.807, 2.05) is 0 Å². The van der Waals surface area contributed by atoms with E-state index in [-0.39, 0.29) is 23.0 Å². The van der Waals surface area contributed by atoms with Gasteiger partial charge in [-0.3, -0.25) is 9.59 Å². The Morgan fingerprint density at radius 2 is 1.85 bits per heavy atom. The van der Waals surface area contributed by atoms with Crippen LogP contribution in [0.5, 0.6) is 0 Å². The summed E-state index contributed by atoms with van der Waals surface area (Å²) in [7, 11) is 0. The van der Waals surface area contributed by atoms with Gasteiger partial charge in [-0.1, -0.05) is 35.9 Å². The molecule has 0 N–H and O–H groups in total. The second-order valence-corrected chi connectivity index (χ2v) is 4.85. The van der Waals surface area contributed by atoms with Crippen molar-refractivity contribution in [1.29, 1.82) is 0 Å². The highest BCUT2D eigenvalue weighted by Gasteiger charge is 2.13. The topological polar surface area (TPSA) is 34.1 Å². The first kappa shape index (κ1) is 14.4. The molecule has 0 saturated carbocycles. The van der Waals surface area contributed by atoms with E-state index in [2.05, 4.69) is 0 Å². The van der Waals surface area contributed by atoms with Gasteiger partial charge in [-0.25, -0.2) is 4.39 Å². The van der Waals surface area contributed by atoms with Gasteiger partial charge < -0.3 is 0 Å². The molecule has 0 aliphatic carbocycles. The number of benzene rings is 2. The number of hydrogen-bond acceptors (Lipinski definition) is 2.